The van der Waals surface area contributed by atoms with Crippen molar-refractivity contribution in [3.8, 4) is 5.75 Å². The lowest BCUT2D eigenvalue weighted by atomic mass is 10.1. The maximum Gasteiger partial charge on any atom is 0.176 e. The van der Waals surface area contributed by atoms with E-state index in [1.54, 1.807) is 7.11 Å². The van der Waals surface area contributed by atoms with E-state index in [9.17, 15) is 5.11 Å². The molecule has 1 heterocycles. The van der Waals surface area contributed by atoms with Gasteiger partial charge in [0.05, 0.1) is 7.11 Å². The van der Waals surface area contributed by atoms with Gasteiger partial charge in [-0.15, -0.1) is 0 Å². The monoisotopic (exact) mass is 353 g/mol. The number of furan rings is 1. The summed E-state index contributed by atoms with van der Waals surface area (Å²) >= 11 is 0. The van der Waals surface area contributed by atoms with E-state index in [0.29, 0.717) is 29.6 Å². The summed E-state index contributed by atoms with van der Waals surface area (Å²) in [6.07, 6.45) is -0.0169. The summed E-state index contributed by atoms with van der Waals surface area (Å²) < 4.78 is 11.2. The van der Waals surface area contributed by atoms with E-state index in [1.807, 2.05) is 30.3 Å². The molecular weight excluding hydrogens is 326 g/mol. The third-order valence-electron chi connectivity index (χ3n) is 4.72. The van der Waals surface area contributed by atoms with Crippen molar-refractivity contribution < 1.29 is 14.3 Å². The van der Waals surface area contributed by atoms with Gasteiger partial charge >= 0.3 is 0 Å². The number of rotatable bonds is 8. The average Bonchev–Trinajstić information content (AvgIpc) is 3.09. The van der Waals surface area contributed by atoms with Gasteiger partial charge in [-0.05, 0) is 38.0 Å². The highest BCUT2D eigenvalue weighted by molar-refractivity contribution is 5.83. The van der Waals surface area contributed by atoms with Crippen LogP contribution in [0.1, 0.15) is 37.7 Å². The highest BCUT2D eigenvalue weighted by Gasteiger charge is 2.18. The van der Waals surface area contributed by atoms with Crippen LogP contribution in [0, 0.1) is 0 Å². The number of hydrogen-bond acceptors (Lipinski definition) is 4. The molecule has 0 aliphatic rings. The van der Waals surface area contributed by atoms with Crippen molar-refractivity contribution >= 4 is 11.0 Å². The largest absolute Gasteiger partial charge is 0.493 e. The van der Waals surface area contributed by atoms with Crippen LogP contribution in [-0.4, -0.2) is 29.7 Å². The standard InChI is InChI=1S/C22H27NO3/c1-16(2)23(15-17-8-5-4-6-9-17)13-12-19(24)21-14-18-10-7-11-20(25-3)22(18)26-21/h4-11,14,16,19,24H,12-13,15H2,1-3H3. The highest BCUT2D eigenvalue weighted by atomic mass is 16.5. The molecule has 0 saturated heterocycles. The molecule has 1 unspecified atom stereocenters. The maximum atomic E-state index is 10.6. The van der Waals surface area contributed by atoms with Crippen LogP contribution in [-0.2, 0) is 6.54 Å². The minimum Gasteiger partial charge on any atom is -0.493 e. The van der Waals surface area contributed by atoms with Crippen molar-refractivity contribution in [3.05, 3.63) is 65.9 Å². The number of aliphatic hydroxyl groups excluding tert-OH is 1. The average molecular weight is 353 g/mol. The lowest BCUT2D eigenvalue weighted by Crippen LogP contribution is -2.32. The summed E-state index contributed by atoms with van der Waals surface area (Å²) in [4.78, 5) is 2.36. The Morgan fingerprint density at radius 1 is 1.08 bits per heavy atom. The van der Waals surface area contributed by atoms with Crippen LogP contribution < -0.4 is 4.74 Å². The summed E-state index contributed by atoms with van der Waals surface area (Å²) in [7, 11) is 1.62. The van der Waals surface area contributed by atoms with E-state index in [-0.39, 0.29) is 0 Å². The number of aliphatic hydroxyl groups is 1. The van der Waals surface area contributed by atoms with Crippen molar-refractivity contribution in [2.75, 3.05) is 13.7 Å². The van der Waals surface area contributed by atoms with Crippen molar-refractivity contribution in [1.82, 2.24) is 4.90 Å². The Hall–Kier alpha value is -2.30. The summed E-state index contributed by atoms with van der Waals surface area (Å²) in [5.74, 6) is 1.28. The molecular formula is C22H27NO3. The van der Waals surface area contributed by atoms with Crippen LogP contribution in [0.4, 0.5) is 0 Å². The van der Waals surface area contributed by atoms with E-state index in [1.165, 1.54) is 5.56 Å². The third kappa shape index (κ3) is 4.26. The van der Waals surface area contributed by atoms with Crippen LogP contribution in [0.2, 0.25) is 0 Å². The Balaban J connectivity index is 1.67. The fraction of sp³-hybridized carbons (Fsp3) is 0.364. The molecule has 0 bridgehead atoms. The maximum absolute atomic E-state index is 10.6. The predicted molar refractivity (Wildman–Crippen MR) is 104 cm³/mol. The molecule has 0 aliphatic carbocycles. The molecule has 138 valence electrons. The van der Waals surface area contributed by atoms with E-state index in [2.05, 4.69) is 43.0 Å². The first-order valence-electron chi connectivity index (χ1n) is 9.11. The minimum absolute atomic E-state index is 0.401. The molecule has 1 N–H and O–H groups in total. The Morgan fingerprint density at radius 2 is 1.85 bits per heavy atom. The molecule has 0 saturated carbocycles. The molecule has 26 heavy (non-hydrogen) atoms. The number of para-hydroxylation sites is 1. The molecule has 4 heteroatoms. The minimum atomic E-state index is -0.635. The lowest BCUT2D eigenvalue weighted by molar-refractivity contribution is 0.110. The zero-order chi connectivity index (χ0) is 18.5. The zero-order valence-corrected chi connectivity index (χ0v) is 15.7. The Kier molecular flexibility index (Phi) is 5.96. The Morgan fingerprint density at radius 3 is 2.54 bits per heavy atom. The molecule has 3 rings (SSSR count). The summed E-state index contributed by atoms with van der Waals surface area (Å²) in [6, 6.07) is 18.5. The number of nitrogens with zero attached hydrogens (tertiary/aromatic N) is 1. The molecule has 0 radical (unpaired) electrons. The van der Waals surface area contributed by atoms with E-state index in [0.717, 1.165) is 18.5 Å². The summed E-state index contributed by atoms with van der Waals surface area (Å²) in [5, 5.41) is 11.6. The molecule has 0 fully saturated rings. The van der Waals surface area contributed by atoms with Gasteiger partial charge in [0.1, 0.15) is 11.9 Å². The smallest absolute Gasteiger partial charge is 0.176 e. The third-order valence-corrected chi connectivity index (χ3v) is 4.72. The zero-order valence-electron chi connectivity index (χ0n) is 15.7. The number of ether oxygens (including phenoxy) is 1. The fourth-order valence-electron chi connectivity index (χ4n) is 3.15. The van der Waals surface area contributed by atoms with Crippen molar-refractivity contribution in [2.24, 2.45) is 0 Å². The van der Waals surface area contributed by atoms with Gasteiger partial charge in [-0.1, -0.05) is 42.5 Å². The molecule has 1 atom stereocenters. The first-order valence-corrected chi connectivity index (χ1v) is 9.11. The number of methoxy groups -OCH3 is 1. The molecule has 3 aromatic rings. The van der Waals surface area contributed by atoms with Gasteiger partial charge in [0.2, 0.25) is 0 Å². The van der Waals surface area contributed by atoms with E-state index < -0.39 is 6.10 Å². The van der Waals surface area contributed by atoms with Crippen molar-refractivity contribution in [3.63, 3.8) is 0 Å². The van der Waals surface area contributed by atoms with E-state index in [4.69, 9.17) is 9.15 Å². The number of fused-ring (bicyclic) bond motifs is 1. The Bertz CT molecular complexity index is 826. The van der Waals surface area contributed by atoms with Gasteiger partial charge in [0.25, 0.3) is 0 Å². The Labute approximate surface area is 155 Å². The molecule has 0 aliphatic heterocycles. The fourth-order valence-corrected chi connectivity index (χ4v) is 3.15. The lowest BCUT2D eigenvalue weighted by Gasteiger charge is -2.27. The molecule has 4 nitrogen and oxygen atoms in total. The normalized spacial score (nSPS) is 12.8. The van der Waals surface area contributed by atoms with Crippen molar-refractivity contribution in [2.45, 2.75) is 39.0 Å². The molecule has 0 spiro atoms. The SMILES string of the molecule is COc1cccc2cc(C(O)CCN(Cc3ccccc3)C(C)C)oc12. The highest BCUT2D eigenvalue weighted by Crippen LogP contribution is 2.32. The van der Waals surface area contributed by atoms with Gasteiger partial charge in [-0.2, -0.15) is 0 Å². The summed E-state index contributed by atoms with van der Waals surface area (Å²) in [5.41, 5.74) is 1.97. The molecule has 2 aromatic carbocycles. The number of benzene rings is 2. The van der Waals surface area contributed by atoms with Gasteiger partial charge in [0, 0.05) is 24.5 Å². The quantitative estimate of drug-likeness (QED) is 0.633. The second-order valence-electron chi connectivity index (χ2n) is 6.88. The second kappa shape index (κ2) is 8.39. The van der Waals surface area contributed by atoms with Crippen LogP contribution in [0.25, 0.3) is 11.0 Å². The first-order chi connectivity index (χ1) is 12.6. The van der Waals surface area contributed by atoms with Gasteiger partial charge in [-0.3, -0.25) is 4.90 Å². The first kappa shape index (κ1) is 18.5. The topological polar surface area (TPSA) is 45.8 Å². The molecule has 0 amide bonds. The second-order valence-corrected chi connectivity index (χ2v) is 6.88. The number of hydrogen-bond donors (Lipinski definition) is 1. The van der Waals surface area contributed by atoms with Gasteiger partial charge in [0.15, 0.2) is 11.3 Å². The van der Waals surface area contributed by atoms with Gasteiger partial charge in [-0.25, -0.2) is 0 Å². The van der Waals surface area contributed by atoms with Crippen LogP contribution in [0.15, 0.2) is 59.0 Å². The van der Waals surface area contributed by atoms with Crippen LogP contribution in [0.5, 0.6) is 5.75 Å². The van der Waals surface area contributed by atoms with Gasteiger partial charge < -0.3 is 14.3 Å². The summed E-state index contributed by atoms with van der Waals surface area (Å²) in [6.45, 7) is 6.03. The van der Waals surface area contributed by atoms with E-state index >= 15 is 0 Å². The predicted octanol–water partition coefficient (Wildman–Crippen LogP) is 4.78. The van der Waals surface area contributed by atoms with Crippen LogP contribution >= 0.6 is 0 Å². The van der Waals surface area contributed by atoms with Crippen molar-refractivity contribution in [1.29, 1.82) is 0 Å². The van der Waals surface area contributed by atoms with Crippen LogP contribution in [0.3, 0.4) is 0 Å². The molecule has 1 aromatic heterocycles.